The first-order valence-corrected chi connectivity index (χ1v) is 9.87. The van der Waals surface area contributed by atoms with Crippen molar-refractivity contribution in [1.29, 1.82) is 0 Å². The second-order valence-electron chi connectivity index (χ2n) is 5.05. The van der Waals surface area contributed by atoms with Crippen LogP contribution in [0.15, 0.2) is 50.4 Å². The maximum atomic E-state index is 11.5. The number of methoxy groups -OCH3 is 2. The summed E-state index contributed by atoms with van der Waals surface area (Å²) in [4.78, 5) is -1.59. The third kappa shape index (κ3) is 4.71. The van der Waals surface area contributed by atoms with Gasteiger partial charge >= 0.3 is 0 Å². The largest absolute Gasteiger partial charge is 0.495 e. The first-order valence-electron chi connectivity index (χ1n) is 6.99. The molecule has 0 aliphatic heterocycles. The topological polar surface area (TPSA) is 178 Å². The highest BCUT2D eigenvalue weighted by Gasteiger charge is 2.21. The lowest BCUT2D eigenvalue weighted by Crippen LogP contribution is -2.03. The number of nitrogens with two attached hydrogens (primary N) is 1. The Hall–Kier alpha value is -2.74. The van der Waals surface area contributed by atoms with Gasteiger partial charge in [0.25, 0.3) is 20.2 Å². The Labute approximate surface area is 154 Å². The highest BCUT2D eigenvalue weighted by molar-refractivity contribution is 7.86. The summed E-state index contributed by atoms with van der Waals surface area (Å²) >= 11 is 0. The Bertz CT molecular complexity index is 1110. The average molecular weight is 417 g/mol. The van der Waals surface area contributed by atoms with Crippen LogP contribution in [-0.2, 0) is 20.2 Å². The molecule has 0 spiro atoms. The van der Waals surface area contributed by atoms with E-state index in [1.165, 1.54) is 26.4 Å². The van der Waals surface area contributed by atoms with Crippen LogP contribution in [0.3, 0.4) is 0 Å². The Morgan fingerprint density at radius 2 is 1.44 bits per heavy atom. The van der Waals surface area contributed by atoms with Gasteiger partial charge in [-0.25, -0.2) is 0 Å². The zero-order valence-electron chi connectivity index (χ0n) is 14.0. The lowest BCUT2D eigenvalue weighted by atomic mass is 10.2. The normalized spacial score (nSPS) is 12.3. The molecule has 4 N–H and O–H groups in total. The van der Waals surface area contributed by atoms with Gasteiger partial charge in [-0.3, -0.25) is 9.11 Å². The zero-order chi connectivity index (χ0) is 20.4. The van der Waals surface area contributed by atoms with Crippen molar-refractivity contribution in [3.63, 3.8) is 0 Å². The summed E-state index contributed by atoms with van der Waals surface area (Å²) in [5, 5.41) is 7.55. The van der Waals surface area contributed by atoms with Crippen molar-refractivity contribution in [3.05, 3.63) is 30.3 Å². The highest BCUT2D eigenvalue weighted by Crippen LogP contribution is 2.38. The van der Waals surface area contributed by atoms with E-state index in [1.807, 2.05) is 0 Å². The Balaban J connectivity index is 2.61. The second-order valence-corrected chi connectivity index (χ2v) is 7.86. The Morgan fingerprint density at radius 3 is 1.96 bits per heavy atom. The van der Waals surface area contributed by atoms with Crippen LogP contribution in [0.2, 0.25) is 0 Å². The molecular weight excluding hydrogens is 402 g/mol. The van der Waals surface area contributed by atoms with E-state index in [1.54, 1.807) is 0 Å². The molecule has 0 aromatic heterocycles. The minimum Gasteiger partial charge on any atom is -0.495 e. The fourth-order valence-corrected chi connectivity index (χ4v) is 3.27. The van der Waals surface area contributed by atoms with E-state index < -0.39 is 30.0 Å². The SMILES string of the molecule is COc1cc(/N=N\c2ccc(S(=O)(=O)O)cc2S(=O)(=O)O)c(OC)cc1N. The number of rotatable bonds is 6. The molecule has 27 heavy (non-hydrogen) atoms. The molecular formula is C14H15N3O8S2. The number of hydrogen-bond donors (Lipinski definition) is 3. The van der Waals surface area contributed by atoms with Gasteiger partial charge in [0.2, 0.25) is 0 Å². The van der Waals surface area contributed by atoms with Crippen LogP contribution in [0.5, 0.6) is 11.5 Å². The lowest BCUT2D eigenvalue weighted by Gasteiger charge is -2.09. The van der Waals surface area contributed by atoms with Gasteiger partial charge in [0.05, 0.1) is 24.8 Å². The van der Waals surface area contributed by atoms with Crippen LogP contribution >= 0.6 is 0 Å². The zero-order valence-corrected chi connectivity index (χ0v) is 15.7. The molecule has 146 valence electrons. The van der Waals surface area contributed by atoms with Gasteiger partial charge in [0.1, 0.15) is 27.8 Å². The molecule has 2 rings (SSSR count). The average Bonchev–Trinajstić information content (AvgIpc) is 2.58. The Kier molecular flexibility index (Phi) is 5.70. The number of nitrogens with zero attached hydrogens (tertiary/aromatic N) is 2. The molecule has 0 amide bonds. The van der Waals surface area contributed by atoms with Gasteiger partial charge in [-0.05, 0) is 18.2 Å². The third-order valence-electron chi connectivity index (χ3n) is 3.30. The van der Waals surface area contributed by atoms with E-state index in [2.05, 4.69) is 10.2 Å². The van der Waals surface area contributed by atoms with Gasteiger partial charge in [-0.15, -0.1) is 10.2 Å². The van der Waals surface area contributed by atoms with E-state index in [9.17, 15) is 21.4 Å². The molecule has 0 bridgehead atoms. The quantitative estimate of drug-likeness (QED) is 0.361. The van der Waals surface area contributed by atoms with Crippen molar-refractivity contribution in [3.8, 4) is 11.5 Å². The minimum absolute atomic E-state index is 0.128. The van der Waals surface area contributed by atoms with Crippen molar-refractivity contribution in [2.24, 2.45) is 10.2 Å². The smallest absolute Gasteiger partial charge is 0.296 e. The van der Waals surface area contributed by atoms with Crippen LogP contribution in [-0.4, -0.2) is 40.2 Å². The Morgan fingerprint density at radius 1 is 0.852 bits per heavy atom. The van der Waals surface area contributed by atoms with E-state index in [4.69, 9.17) is 19.8 Å². The van der Waals surface area contributed by atoms with Crippen molar-refractivity contribution in [1.82, 2.24) is 0 Å². The van der Waals surface area contributed by atoms with Crippen molar-refractivity contribution < 1.29 is 35.4 Å². The molecule has 0 saturated heterocycles. The van der Waals surface area contributed by atoms with Crippen LogP contribution in [0, 0.1) is 0 Å². The summed E-state index contributed by atoms with van der Waals surface area (Å²) in [5.41, 5.74) is 5.78. The summed E-state index contributed by atoms with van der Waals surface area (Å²) in [7, 11) is -6.82. The number of ether oxygens (including phenoxy) is 2. The van der Waals surface area contributed by atoms with Crippen LogP contribution in [0.25, 0.3) is 0 Å². The molecule has 0 unspecified atom stereocenters. The predicted octanol–water partition coefficient (Wildman–Crippen LogP) is 2.19. The second kappa shape index (κ2) is 7.48. The van der Waals surface area contributed by atoms with E-state index >= 15 is 0 Å². The number of azo groups is 1. The maximum absolute atomic E-state index is 11.5. The minimum atomic E-state index is -4.86. The predicted molar refractivity (Wildman–Crippen MR) is 94.2 cm³/mol. The standard InChI is InChI=1S/C14H15N3O8S2/c1-24-12-7-11(13(25-2)6-9(12)15)17-16-10-4-3-8(26(18,19)20)5-14(10)27(21,22)23/h3-7H,15H2,1-2H3,(H,18,19,20)(H,21,22,23)/b17-16-. The first-order chi connectivity index (χ1) is 12.5. The maximum Gasteiger partial charge on any atom is 0.296 e. The van der Waals surface area contributed by atoms with Crippen molar-refractivity contribution >= 4 is 37.3 Å². The number of nitrogen functional groups attached to an aromatic ring is 1. The van der Waals surface area contributed by atoms with E-state index in [0.29, 0.717) is 6.07 Å². The molecule has 0 saturated carbocycles. The van der Waals surface area contributed by atoms with Crippen molar-refractivity contribution in [2.45, 2.75) is 9.79 Å². The number of benzene rings is 2. The molecule has 0 aliphatic rings. The van der Waals surface area contributed by atoms with Gasteiger partial charge in [0, 0.05) is 12.1 Å². The molecule has 2 aromatic carbocycles. The summed E-state index contributed by atoms with van der Waals surface area (Å²) in [5.74, 6) is 0.474. The van der Waals surface area contributed by atoms with Gasteiger partial charge in [-0.2, -0.15) is 16.8 Å². The van der Waals surface area contributed by atoms with Crippen molar-refractivity contribution in [2.75, 3.05) is 20.0 Å². The first kappa shape index (κ1) is 20.6. The molecule has 0 fully saturated rings. The molecule has 0 radical (unpaired) electrons. The van der Waals surface area contributed by atoms with Crippen LogP contribution in [0.4, 0.5) is 17.1 Å². The molecule has 0 aliphatic carbocycles. The molecule has 2 aromatic rings. The summed E-state index contributed by atoms with van der Waals surface area (Å²) in [6.07, 6.45) is 0. The fourth-order valence-electron chi connectivity index (χ4n) is 2.04. The van der Waals surface area contributed by atoms with Crippen LogP contribution in [0.1, 0.15) is 0 Å². The van der Waals surface area contributed by atoms with E-state index in [-0.39, 0.29) is 28.6 Å². The molecule has 11 nitrogen and oxygen atoms in total. The van der Waals surface area contributed by atoms with Gasteiger partial charge in [-0.1, -0.05) is 0 Å². The number of anilines is 1. The van der Waals surface area contributed by atoms with Gasteiger partial charge in [0.15, 0.2) is 0 Å². The summed E-state index contributed by atoms with van der Waals surface area (Å²) in [6.45, 7) is 0. The van der Waals surface area contributed by atoms with Crippen LogP contribution < -0.4 is 15.2 Å². The summed E-state index contributed by atoms with van der Waals surface area (Å²) in [6, 6.07) is 5.21. The third-order valence-corrected chi connectivity index (χ3v) is 5.04. The molecule has 13 heteroatoms. The van der Waals surface area contributed by atoms with E-state index in [0.717, 1.165) is 12.1 Å². The molecule has 0 heterocycles. The lowest BCUT2D eigenvalue weighted by molar-refractivity contribution is 0.406. The fraction of sp³-hybridized carbons (Fsp3) is 0.143. The summed E-state index contributed by atoms with van der Waals surface area (Å²) < 4.78 is 73.9. The monoisotopic (exact) mass is 417 g/mol. The highest BCUT2D eigenvalue weighted by atomic mass is 32.2. The van der Waals surface area contributed by atoms with Gasteiger partial charge < -0.3 is 15.2 Å². The number of hydrogen-bond acceptors (Lipinski definition) is 9. The molecule has 0 atom stereocenters.